The molecule has 0 fully saturated rings. The molecule has 0 aliphatic rings. The average molecular weight is 381 g/mol. The van der Waals surface area contributed by atoms with Crippen LogP contribution in [0.2, 0.25) is 0 Å². The van der Waals surface area contributed by atoms with Gasteiger partial charge in [-0.2, -0.15) is 4.80 Å². The zero-order valence-electron chi connectivity index (χ0n) is 15.6. The molecule has 28 heavy (non-hydrogen) atoms. The van der Waals surface area contributed by atoms with E-state index >= 15 is 0 Å². The number of aromatic nitrogens is 4. The highest BCUT2D eigenvalue weighted by Crippen LogP contribution is 2.15. The smallest absolute Gasteiger partial charge is 0.224 e. The Labute approximate surface area is 161 Å². The molecule has 0 atom stereocenters. The lowest BCUT2D eigenvalue weighted by atomic mass is 10.1. The van der Waals surface area contributed by atoms with Crippen molar-refractivity contribution in [2.45, 2.75) is 26.8 Å². The maximum atomic E-state index is 13.3. The second-order valence-electron chi connectivity index (χ2n) is 6.80. The highest BCUT2D eigenvalue weighted by atomic mass is 19.1. The Kier molecular flexibility index (Phi) is 5.88. The van der Waals surface area contributed by atoms with Crippen LogP contribution in [0.5, 0.6) is 0 Å². The Bertz CT molecular complexity index is 982. The maximum absolute atomic E-state index is 13.3. The third-order valence-corrected chi connectivity index (χ3v) is 3.90. The molecule has 1 aromatic heterocycles. The summed E-state index contributed by atoms with van der Waals surface area (Å²) in [5, 5.41) is 14.6. The summed E-state index contributed by atoms with van der Waals surface area (Å²) in [5.41, 5.74) is 1.58. The fourth-order valence-electron chi connectivity index (χ4n) is 2.60. The number of hydrogen-bond acceptors (Lipinski definition) is 5. The summed E-state index contributed by atoms with van der Waals surface area (Å²) >= 11 is 0. The van der Waals surface area contributed by atoms with Crippen molar-refractivity contribution in [1.82, 2.24) is 20.2 Å². The molecule has 0 unspecified atom stereocenters. The van der Waals surface area contributed by atoms with Gasteiger partial charge in [0.15, 0.2) is 5.78 Å². The predicted octanol–water partition coefficient (Wildman–Crippen LogP) is 3.35. The molecule has 3 aromatic rings. The molecule has 1 amide bonds. The van der Waals surface area contributed by atoms with Gasteiger partial charge in [0, 0.05) is 23.2 Å². The van der Waals surface area contributed by atoms with Gasteiger partial charge >= 0.3 is 0 Å². The molecule has 7 nitrogen and oxygen atoms in total. The Balaban J connectivity index is 1.63. The van der Waals surface area contributed by atoms with Crippen LogP contribution in [0, 0.1) is 11.7 Å². The molecule has 0 aliphatic carbocycles. The van der Waals surface area contributed by atoms with Crippen LogP contribution < -0.4 is 5.32 Å². The van der Waals surface area contributed by atoms with Crippen LogP contribution in [0.15, 0.2) is 48.5 Å². The van der Waals surface area contributed by atoms with Crippen LogP contribution in [0.3, 0.4) is 0 Å². The first-order chi connectivity index (χ1) is 13.4. The SMILES string of the molecule is CC(C)CC(=O)Nc1ccc(C(=O)Cn2nnc(-c3cccc(F)c3)n2)cc1. The van der Waals surface area contributed by atoms with Gasteiger partial charge in [-0.3, -0.25) is 9.59 Å². The first kappa shape index (κ1) is 19.3. The number of anilines is 1. The zero-order chi connectivity index (χ0) is 20.1. The monoisotopic (exact) mass is 381 g/mol. The van der Waals surface area contributed by atoms with Crippen molar-refractivity contribution < 1.29 is 14.0 Å². The number of nitrogens with one attached hydrogen (secondary N) is 1. The fourth-order valence-corrected chi connectivity index (χ4v) is 2.60. The molecule has 144 valence electrons. The van der Waals surface area contributed by atoms with Crippen molar-refractivity contribution in [3.05, 3.63) is 59.9 Å². The molecule has 2 aromatic carbocycles. The van der Waals surface area contributed by atoms with E-state index in [0.717, 1.165) is 0 Å². The van der Waals surface area contributed by atoms with E-state index in [1.165, 1.54) is 16.9 Å². The minimum atomic E-state index is -0.398. The van der Waals surface area contributed by atoms with Gasteiger partial charge in [-0.15, -0.1) is 10.2 Å². The third-order valence-electron chi connectivity index (χ3n) is 3.90. The number of tetrazole rings is 1. The quantitative estimate of drug-likeness (QED) is 0.634. The number of benzene rings is 2. The Hall–Kier alpha value is -3.42. The standard InChI is InChI=1S/C20H20FN5O2/c1-13(2)10-19(28)22-17-8-6-14(7-9-17)18(27)12-26-24-20(23-25-26)15-4-3-5-16(21)11-15/h3-9,11,13H,10,12H2,1-2H3,(H,22,28). The van der Waals surface area contributed by atoms with Crippen LogP contribution in [0.1, 0.15) is 30.6 Å². The van der Waals surface area contributed by atoms with E-state index in [1.807, 2.05) is 13.8 Å². The number of halogens is 1. The van der Waals surface area contributed by atoms with Crippen LogP contribution in [0.4, 0.5) is 10.1 Å². The molecule has 3 rings (SSSR count). The van der Waals surface area contributed by atoms with Crippen molar-refractivity contribution in [3.8, 4) is 11.4 Å². The van der Waals surface area contributed by atoms with Gasteiger partial charge in [0.1, 0.15) is 12.4 Å². The normalized spacial score (nSPS) is 10.9. The van der Waals surface area contributed by atoms with E-state index in [1.54, 1.807) is 36.4 Å². The summed E-state index contributed by atoms with van der Waals surface area (Å²) in [7, 11) is 0. The number of amides is 1. The number of carbonyl (C=O) groups excluding carboxylic acids is 2. The summed E-state index contributed by atoms with van der Waals surface area (Å²) in [6, 6.07) is 12.5. The predicted molar refractivity (Wildman–Crippen MR) is 102 cm³/mol. The Morgan fingerprint density at radius 1 is 1.14 bits per heavy atom. The molecular formula is C20H20FN5O2. The Morgan fingerprint density at radius 2 is 1.89 bits per heavy atom. The van der Waals surface area contributed by atoms with Gasteiger partial charge in [-0.05, 0) is 47.5 Å². The lowest BCUT2D eigenvalue weighted by Gasteiger charge is -2.07. The van der Waals surface area contributed by atoms with E-state index < -0.39 is 5.82 Å². The molecule has 1 N–H and O–H groups in total. The molecule has 0 aliphatic heterocycles. The lowest BCUT2D eigenvalue weighted by Crippen LogP contribution is -2.15. The van der Waals surface area contributed by atoms with Gasteiger partial charge < -0.3 is 5.32 Å². The molecule has 0 saturated heterocycles. The van der Waals surface area contributed by atoms with Crippen LogP contribution in [0.25, 0.3) is 11.4 Å². The number of ketones is 1. The van der Waals surface area contributed by atoms with Gasteiger partial charge in [-0.1, -0.05) is 26.0 Å². The fraction of sp³-hybridized carbons (Fsp3) is 0.250. The second kappa shape index (κ2) is 8.51. The van der Waals surface area contributed by atoms with Crippen molar-refractivity contribution in [2.75, 3.05) is 5.32 Å². The number of rotatable bonds is 7. The van der Waals surface area contributed by atoms with Crippen molar-refractivity contribution in [1.29, 1.82) is 0 Å². The van der Waals surface area contributed by atoms with E-state index in [-0.39, 0.29) is 30.0 Å². The summed E-state index contributed by atoms with van der Waals surface area (Å²) in [5.74, 6) is -0.150. The van der Waals surface area contributed by atoms with E-state index in [0.29, 0.717) is 23.2 Å². The van der Waals surface area contributed by atoms with E-state index in [2.05, 4.69) is 20.7 Å². The summed E-state index contributed by atoms with van der Waals surface area (Å²) < 4.78 is 13.3. The molecule has 0 saturated carbocycles. The van der Waals surface area contributed by atoms with Gasteiger partial charge in [0.2, 0.25) is 11.7 Å². The average Bonchev–Trinajstić information content (AvgIpc) is 3.10. The third kappa shape index (κ3) is 5.06. The number of Topliss-reactive ketones (excluding diaryl/α,β-unsaturated/α-hetero) is 1. The van der Waals surface area contributed by atoms with Crippen LogP contribution in [-0.4, -0.2) is 31.9 Å². The van der Waals surface area contributed by atoms with Gasteiger partial charge in [0.05, 0.1) is 0 Å². The summed E-state index contributed by atoms with van der Waals surface area (Å²) in [6.07, 6.45) is 0.437. The molecule has 1 heterocycles. The molecule has 0 radical (unpaired) electrons. The minimum absolute atomic E-state index is 0.0641. The topological polar surface area (TPSA) is 89.8 Å². The van der Waals surface area contributed by atoms with Crippen molar-refractivity contribution in [2.24, 2.45) is 5.92 Å². The summed E-state index contributed by atoms with van der Waals surface area (Å²) in [6.45, 7) is 3.85. The number of carbonyl (C=O) groups is 2. The maximum Gasteiger partial charge on any atom is 0.224 e. The van der Waals surface area contributed by atoms with Crippen LogP contribution >= 0.6 is 0 Å². The zero-order valence-corrected chi connectivity index (χ0v) is 15.6. The largest absolute Gasteiger partial charge is 0.326 e. The molecule has 8 heteroatoms. The van der Waals surface area contributed by atoms with E-state index in [4.69, 9.17) is 0 Å². The first-order valence-electron chi connectivity index (χ1n) is 8.87. The Morgan fingerprint density at radius 3 is 2.57 bits per heavy atom. The highest BCUT2D eigenvalue weighted by Gasteiger charge is 2.12. The lowest BCUT2D eigenvalue weighted by molar-refractivity contribution is -0.116. The van der Waals surface area contributed by atoms with Gasteiger partial charge in [0.25, 0.3) is 0 Å². The van der Waals surface area contributed by atoms with E-state index in [9.17, 15) is 14.0 Å². The summed E-state index contributed by atoms with van der Waals surface area (Å²) in [4.78, 5) is 25.4. The van der Waals surface area contributed by atoms with Crippen LogP contribution in [-0.2, 0) is 11.3 Å². The number of nitrogens with zero attached hydrogens (tertiary/aromatic N) is 4. The second-order valence-corrected chi connectivity index (χ2v) is 6.80. The van der Waals surface area contributed by atoms with Gasteiger partial charge in [-0.25, -0.2) is 4.39 Å². The molecular weight excluding hydrogens is 361 g/mol. The minimum Gasteiger partial charge on any atom is -0.326 e. The highest BCUT2D eigenvalue weighted by molar-refractivity contribution is 5.97. The first-order valence-corrected chi connectivity index (χ1v) is 8.87. The molecule has 0 bridgehead atoms. The van der Waals surface area contributed by atoms with Crippen molar-refractivity contribution in [3.63, 3.8) is 0 Å². The van der Waals surface area contributed by atoms with Crippen molar-refractivity contribution >= 4 is 17.4 Å². The number of hydrogen-bond donors (Lipinski definition) is 1. The molecule has 0 spiro atoms.